The lowest BCUT2D eigenvalue weighted by molar-refractivity contribution is -0.134. The van der Waals surface area contributed by atoms with Crippen molar-refractivity contribution in [3.05, 3.63) is 34.9 Å². The molecule has 138 valence electrons. The first-order chi connectivity index (χ1) is 12.0. The van der Waals surface area contributed by atoms with E-state index in [0.29, 0.717) is 24.5 Å². The SMILES string of the molecule is CC(=O)N(CCc1ccc(Cl)cc1)CC(=O)NCCN1CCOCC1. The van der Waals surface area contributed by atoms with Crippen LogP contribution in [0.5, 0.6) is 0 Å². The molecule has 0 aromatic heterocycles. The van der Waals surface area contributed by atoms with Gasteiger partial charge in [0, 0.05) is 44.7 Å². The molecule has 25 heavy (non-hydrogen) atoms. The Morgan fingerprint density at radius 2 is 1.92 bits per heavy atom. The van der Waals surface area contributed by atoms with Crippen LogP contribution in [0.2, 0.25) is 5.02 Å². The summed E-state index contributed by atoms with van der Waals surface area (Å²) in [5.74, 6) is -0.225. The van der Waals surface area contributed by atoms with Crippen LogP contribution in [0.25, 0.3) is 0 Å². The lowest BCUT2D eigenvalue weighted by atomic mass is 10.1. The van der Waals surface area contributed by atoms with Crippen LogP contribution in [0.1, 0.15) is 12.5 Å². The Hall–Kier alpha value is -1.63. The number of nitrogens with zero attached hydrogens (tertiary/aromatic N) is 2. The summed E-state index contributed by atoms with van der Waals surface area (Å²) in [6.07, 6.45) is 0.692. The van der Waals surface area contributed by atoms with Crippen molar-refractivity contribution in [3.8, 4) is 0 Å². The first kappa shape index (κ1) is 19.7. The molecule has 1 aromatic carbocycles. The summed E-state index contributed by atoms with van der Waals surface area (Å²) >= 11 is 5.87. The highest BCUT2D eigenvalue weighted by Gasteiger charge is 2.14. The molecule has 0 aliphatic carbocycles. The third-order valence-electron chi connectivity index (χ3n) is 4.22. The summed E-state index contributed by atoms with van der Waals surface area (Å²) < 4.78 is 5.30. The van der Waals surface area contributed by atoms with Crippen molar-refractivity contribution < 1.29 is 14.3 Å². The normalized spacial score (nSPS) is 15.0. The third kappa shape index (κ3) is 7.42. The smallest absolute Gasteiger partial charge is 0.239 e. The molecule has 1 aromatic rings. The second kappa shape index (κ2) is 10.4. The highest BCUT2D eigenvalue weighted by Crippen LogP contribution is 2.10. The Labute approximate surface area is 154 Å². The molecule has 1 aliphatic rings. The first-order valence-electron chi connectivity index (χ1n) is 8.61. The topological polar surface area (TPSA) is 61.9 Å². The second-order valence-electron chi connectivity index (χ2n) is 6.12. The van der Waals surface area contributed by atoms with Crippen LogP contribution in [0, 0.1) is 0 Å². The maximum Gasteiger partial charge on any atom is 0.239 e. The van der Waals surface area contributed by atoms with Gasteiger partial charge in [0.05, 0.1) is 19.8 Å². The predicted molar refractivity (Wildman–Crippen MR) is 97.7 cm³/mol. The molecule has 0 bridgehead atoms. The van der Waals surface area contributed by atoms with Crippen molar-refractivity contribution in [3.63, 3.8) is 0 Å². The fourth-order valence-electron chi connectivity index (χ4n) is 2.67. The Morgan fingerprint density at radius 1 is 1.24 bits per heavy atom. The van der Waals surface area contributed by atoms with Gasteiger partial charge in [-0.1, -0.05) is 23.7 Å². The molecule has 2 amide bonds. The van der Waals surface area contributed by atoms with Gasteiger partial charge in [-0.25, -0.2) is 0 Å². The molecule has 1 aliphatic heterocycles. The zero-order chi connectivity index (χ0) is 18.1. The van der Waals surface area contributed by atoms with E-state index in [1.807, 2.05) is 24.3 Å². The third-order valence-corrected chi connectivity index (χ3v) is 4.47. The van der Waals surface area contributed by atoms with Gasteiger partial charge in [0.1, 0.15) is 0 Å². The first-order valence-corrected chi connectivity index (χ1v) is 8.99. The van der Waals surface area contributed by atoms with Crippen LogP contribution >= 0.6 is 11.6 Å². The van der Waals surface area contributed by atoms with E-state index in [9.17, 15) is 9.59 Å². The minimum absolute atomic E-state index is 0.0893. The summed E-state index contributed by atoms with van der Waals surface area (Å²) in [7, 11) is 0. The van der Waals surface area contributed by atoms with E-state index in [4.69, 9.17) is 16.3 Å². The summed E-state index contributed by atoms with van der Waals surface area (Å²) in [5, 5.41) is 3.58. The lowest BCUT2D eigenvalue weighted by Gasteiger charge is -2.26. The second-order valence-corrected chi connectivity index (χ2v) is 6.56. The molecule has 0 radical (unpaired) electrons. The molecule has 1 N–H and O–H groups in total. The number of carbonyl (C=O) groups excluding carboxylic acids is 2. The lowest BCUT2D eigenvalue weighted by Crippen LogP contribution is -2.44. The van der Waals surface area contributed by atoms with Gasteiger partial charge in [-0.15, -0.1) is 0 Å². The fraction of sp³-hybridized carbons (Fsp3) is 0.556. The van der Waals surface area contributed by atoms with E-state index in [2.05, 4.69) is 10.2 Å². The van der Waals surface area contributed by atoms with Crippen molar-refractivity contribution >= 4 is 23.4 Å². The largest absolute Gasteiger partial charge is 0.379 e. The van der Waals surface area contributed by atoms with Crippen LogP contribution in [0.4, 0.5) is 0 Å². The highest BCUT2D eigenvalue weighted by molar-refractivity contribution is 6.30. The van der Waals surface area contributed by atoms with E-state index in [-0.39, 0.29) is 18.4 Å². The number of hydrogen-bond acceptors (Lipinski definition) is 4. The van der Waals surface area contributed by atoms with Gasteiger partial charge >= 0.3 is 0 Å². The predicted octanol–water partition coefficient (Wildman–Crippen LogP) is 1.18. The van der Waals surface area contributed by atoms with Crippen molar-refractivity contribution in [2.24, 2.45) is 0 Å². The number of morpholine rings is 1. The molecule has 0 unspecified atom stereocenters. The molecule has 7 heteroatoms. The van der Waals surface area contributed by atoms with Gasteiger partial charge in [0.25, 0.3) is 0 Å². The monoisotopic (exact) mass is 367 g/mol. The molecular weight excluding hydrogens is 342 g/mol. The van der Waals surface area contributed by atoms with Gasteiger partial charge in [-0.3, -0.25) is 14.5 Å². The van der Waals surface area contributed by atoms with Gasteiger partial charge < -0.3 is 15.0 Å². The Bertz CT molecular complexity index is 559. The summed E-state index contributed by atoms with van der Waals surface area (Å²) in [6.45, 7) is 6.77. The molecule has 1 saturated heterocycles. The molecule has 0 spiro atoms. The zero-order valence-corrected chi connectivity index (χ0v) is 15.4. The number of benzene rings is 1. The van der Waals surface area contributed by atoms with Crippen molar-refractivity contribution in [2.75, 3.05) is 52.5 Å². The maximum atomic E-state index is 12.1. The van der Waals surface area contributed by atoms with E-state index >= 15 is 0 Å². The maximum absolute atomic E-state index is 12.1. The van der Waals surface area contributed by atoms with E-state index in [1.165, 1.54) is 6.92 Å². The average Bonchev–Trinajstić information content (AvgIpc) is 2.60. The van der Waals surface area contributed by atoms with Gasteiger partial charge in [0.15, 0.2) is 0 Å². The Kier molecular flexibility index (Phi) is 8.18. The van der Waals surface area contributed by atoms with Crippen molar-refractivity contribution in [1.82, 2.24) is 15.1 Å². The Balaban J connectivity index is 1.70. The van der Waals surface area contributed by atoms with Crippen LogP contribution in [-0.2, 0) is 20.7 Å². The number of ether oxygens (including phenoxy) is 1. The molecule has 0 saturated carbocycles. The fourth-order valence-corrected chi connectivity index (χ4v) is 2.80. The quantitative estimate of drug-likeness (QED) is 0.749. The number of halogens is 1. The molecule has 1 heterocycles. The van der Waals surface area contributed by atoms with Crippen LogP contribution in [0.15, 0.2) is 24.3 Å². The number of amides is 2. The minimum Gasteiger partial charge on any atom is -0.379 e. The van der Waals surface area contributed by atoms with Crippen LogP contribution in [-0.4, -0.2) is 74.1 Å². The summed E-state index contributed by atoms with van der Waals surface area (Å²) in [6, 6.07) is 7.52. The van der Waals surface area contributed by atoms with Gasteiger partial charge in [0.2, 0.25) is 11.8 Å². The average molecular weight is 368 g/mol. The molecule has 2 rings (SSSR count). The number of nitrogens with one attached hydrogen (secondary N) is 1. The van der Waals surface area contributed by atoms with Crippen LogP contribution in [0.3, 0.4) is 0 Å². The zero-order valence-electron chi connectivity index (χ0n) is 14.7. The minimum atomic E-state index is -0.125. The Morgan fingerprint density at radius 3 is 2.56 bits per heavy atom. The van der Waals surface area contributed by atoms with Crippen LogP contribution < -0.4 is 5.32 Å². The molecule has 6 nitrogen and oxygen atoms in total. The van der Waals surface area contributed by atoms with Gasteiger partial charge in [-0.2, -0.15) is 0 Å². The summed E-state index contributed by atoms with van der Waals surface area (Å²) in [5.41, 5.74) is 1.09. The van der Waals surface area contributed by atoms with E-state index < -0.39 is 0 Å². The van der Waals surface area contributed by atoms with E-state index in [0.717, 1.165) is 38.4 Å². The van der Waals surface area contributed by atoms with Crippen molar-refractivity contribution in [1.29, 1.82) is 0 Å². The standard InChI is InChI=1S/C18H26ClN3O3/c1-15(23)22(8-6-16-2-4-17(19)5-3-16)14-18(24)20-7-9-21-10-12-25-13-11-21/h2-5H,6-14H2,1H3,(H,20,24). The van der Waals surface area contributed by atoms with Crippen molar-refractivity contribution in [2.45, 2.75) is 13.3 Å². The summed E-state index contributed by atoms with van der Waals surface area (Å²) in [4.78, 5) is 27.7. The molecule has 0 atom stereocenters. The van der Waals surface area contributed by atoms with Gasteiger partial charge in [-0.05, 0) is 24.1 Å². The number of carbonyl (C=O) groups is 2. The van der Waals surface area contributed by atoms with E-state index in [1.54, 1.807) is 4.90 Å². The number of rotatable bonds is 8. The number of hydrogen-bond donors (Lipinski definition) is 1. The highest BCUT2D eigenvalue weighted by atomic mass is 35.5. The molecule has 1 fully saturated rings. The molecular formula is C18H26ClN3O3.